The molecule has 134 valence electrons. The van der Waals surface area contributed by atoms with Crippen LogP contribution in [0.3, 0.4) is 0 Å². The first kappa shape index (κ1) is 16.9. The van der Waals surface area contributed by atoms with Crippen LogP contribution >= 0.6 is 11.3 Å². The molecule has 3 aromatic rings. The van der Waals surface area contributed by atoms with E-state index >= 15 is 0 Å². The summed E-state index contributed by atoms with van der Waals surface area (Å²) in [5, 5.41) is 13.0. The van der Waals surface area contributed by atoms with E-state index < -0.39 is 0 Å². The van der Waals surface area contributed by atoms with E-state index in [2.05, 4.69) is 27.6 Å². The number of aromatic nitrogens is 3. The lowest BCUT2D eigenvalue weighted by molar-refractivity contribution is 0.0903. The highest BCUT2D eigenvalue weighted by atomic mass is 32.1. The second-order valence-corrected chi connectivity index (χ2v) is 7.48. The van der Waals surface area contributed by atoms with Gasteiger partial charge in [-0.1, -0.05) is 31.2 Å². The summed E-state index contributed by atoms with van der Waals surface area (Å²) in [5.74, 6) is 1.08. The van der Waals surface area contributed by atoms with Crippen molar-refractivity contribution in [1.82, 2.24) is 25.4 Å². The lowest BCUT2D eigenvalue weighted by atomic mass is 9.95. The van der Waals surface area contributed by atoms with Crippen LogP contribution in [0.4, 0.5) is 0 Å². The van der Waals surface area contributed by atoms with E-state index in [-0.39, 0.29) is 17.8 Å². The summed E-state index contributed by atoms with van der Waals surface area (Å²) < 4.78 is 1.74. The average molecular weight is 367 g/mol. The Morgan fingerprint density at radius 3 is 2.85 bits per heavy atom. The van der Waals surface area contributed by atoms with Gasteiger partial charge in [0.1, 0.15) is 0 Å². The molecule has 1 fully saturated rings. The molecule has 1 saturated heterocycles. The second-order valence-electron chi connectivity index (χ2n) is 6.53. The van der Waals surface area contributed by atoms with Crippen molar-refractivity contribution in [2.75, 3.05) is 13.1 Å². The number of nitrogens with zero attached hydrogens (tertiary/aromatic N) is 3. The van der Waals surface area contributed by atoms with E-state index in [1.165, 1.54) is 0 Å². The van der Waals surface area contributed by atoms with E-state index in [1.54, 1.807) is 16.0 Å². The fourth-order valence-electron chi connectivity index (χ4n) is 3.18. The Labute approximate surface area is 156 Å². The molecule has 2 N–H and O–H groups in total. The van der Waals surface area contributed by atoms with Crippen LogP contribution in [0.1, 0.15) is 24.0 Å². The van der Waals surface area contributed by atoms with Crippen LogP contribution < -0.4 is 10.6 Å². The summed E-state index contributed by atoms with van der Waals surface area (Å²) in [4.78, 5) is 18.3. The van der Waals surface area contributed by atoms with Crippen molar-refractivity contribution >= 4 is 17.2 Å². The van der Waals surface area contributed by atoms with Crippen molar-refractivity contribution < 1.29 is 4.79 Å². The van der Waals surface area contributed by atoms with Crippen molar-refractivity contribution in [3.8, 4) is 16.4 Å². The number of nitrogens with one attached hydrogen (secondary N) is 2. The third-order valence-electron chi connectivity index (χ3n) is 4.65. The van der Waals surface area contributed by atoms with E-state index in [0.29, 0.717) is 11.7 Å². The van der Waals surface area contributed by atoms with E-state index in [9.17, 15) is 4.79 Å². The Morgan fingerprint density at radius 2 is 2.12 bits per heavy atom. The first-order valence-corrected chi connectivity index (χ1v) is 9.68. The number of hydrogen-bond acceptors (Lipinski definition) is 5. The molecule has 0 spiro atoms. The van der Waals surface area contributed by atoms with Crippen LogP contribution in [0.15, 0.2) is 47.8 Å². The zero-order valence-corrected chi connectivity index (χ0v) is 15.4. The Kier molecular flexibility index (Phi) is 4.81. The van der Waals surface area contributed by atoms with Crippen LogP contribution in [0.5, 0.6) is 0 Å². The summed E-state index contributed by atoms with van der Waals surface area (Å²) in [5.41, 5.74) is 0.887. The number of amides is 1. The molecule has 2 unspecified atom stereocenters. The smallest absolute Gasteiger partial charge is 0.291 e. The minimum Gasteiger partial charge on any atom is -0.346 e. The van der Waals surface area contributed by atoms with Gasteiger partial charge in [-0.2, -0.15) is 0 Å². The fourth-order valence-corrected chi connectivity index (χ4v) is 3.88. The van der Waals surface area contributed by atoms with Gasteiger partial charge in [-0.25, -0.2) is 9.67 Å². The molecule has 2 aromatic heterocycles. The number of thiophene rings is 1. The van der Waals surface area contributed by atoms with Gasteiger partial charge in [0.25, 0.3) is 5.91 Å². The van der Waals surface area contributed by atoms with Gasteiger partial charge < -0.3 is 10.6 Å². The maximum atomic E-state index is 12.8. The summed E-state index contributed by atoms with van der Waals surface area (Å²) in [6.45, 7) is 3.98. The first-order valence-electron chi connectivity index (χ1n) is 8.80. The first-order chi connectivity index (χ1) is 12.7. The lowest BCUT2D eigenvalue weighted by Crippen LogP contribution is -2.48. The number of carbonyl (C=O) groups excluding carboxylic acids is 1. The van der Waals surface area contributed by atoms with Gasteiger partial charge in [0.2, 0.25) is 5.82 Å². The molecule has 0 radical (unpaired) electrons. The van der Waals surface area contributed by atoms with Crippen molar-refractivity contribution in [2.24, 2.45) is 5.92 Å². The Hall–Kier alpha value is -2.51. The normalized spacial score (nSPS) is 20.0. The Bertz CT molecular complexity index is 875. The van der Waals surface area contributed by atoms with Gasteiger partial charge >= 0.3 is 0 Å². The maximum Gasteiger partial charge on any atom is 0.291 e. The third kappa shape index (κ3) is 3.40. The summed E-state index contributed by atoms with van der Waals surface area (Å²) in [7, 11) is 0. The second kappa shape index (κ2) is 7.39. The number of rotatable bonds is 4. The van der Waals surface area contributed by atoms with Gasteiger partial charge in [0.05, 0.1) is 10.6 Å². The number of carbonyl (C=O) groups is 1. The topological polar surface area (TPSA) is 71.8 Å². The van der Waals surface area contributed by atoms with Gasteiger partial charge in [-0.15, -0.1) is 16.4 Å². The average Bonchev–Trinajstić information content (AvgIpc) is 3.34. The molecule has 0 aliphatic carbocycles. The molecule has 1 aromatic carbocycles. The molecule has 3 heterocycles. The molecule has 0 saturated carbocycles. The standard InChI is InChI=1S/C19H21N5OS/c1-13-12-20-10-9-15(13)21-19(25)17-22-18(16-8-5-11-26-16)24(23-17)14-6-3-2-4-7-14/h2-8,11,13,15,20H,9-10,12H2,1H3,(H,21,25). The van der Waals surface area contributed by atoms with Crippen molar-refractivity contribution in [2.45, 2.75) is 19.4 Å². The summed E-state index contributed by atoms with van der Waals surface area (Å²) in [6.07, 6.45) is 0.921. The zero-order chi connectivity index (χ0) is 17.9. The van der Waals surface area contributed by atoms with E-state index in [1.807, 2.05) is 47.8 Å². The quantitative estimate of drug-likeness (QED) is 0.744. The van der Waals surface area contributed by atoms with Crippen LogP contribution in [0.2, 0.25) is 0 Å². The number of hydrogen-bond donors (Lipinski definition) is 2. The minimum atomic E-state index is -0.212. The third-order valence-corrected chi connectivity index (χ3v) is 5.52. The molecule has 1 aliphatic heterocycles. The molecule has 4 rings (SSSR count). The van der Waals surface area contributed by atoms with Crippen molar-refractivity contribution in [1.29, 1.82) is 0 Å². The molecule has 2 atom stereocenters. The molecule has 7 heteroatoms. The highest BCUT2D eigenvalue weighted by molar-refractivity contribution is 7.13. The van der Waals surface area contributed by atoms with Crippen LogP contribution in [0.25, 0.3) is 16.4 Å². The van der Waals surface area contributed by atoms with Crippen LogP contribution in [-0.4, -0.2) is 39.8 Å². The molecule has 0 bridgehead atoms. The van der Waals surface area contributed by atoms with E-state index in [4.69, 9.17) is 0 Å². The van der Waals surface area contributed by atoms with E-state index in [0.717, 1.165) is 30.1 Å². The summed E-state index contributed by atoms with van der Waals surface area (Å²) in [6, 6.07) is 13.9. The lowest BCUT2D eigenvalue weighted by Gasteiger charge is -2.29. The largest absolute Gasteiger partial charge is 0.346 e. The molecule has 6 nitrogen and oxygen atoms in total. The van der Waals surface area contributed by atoms with Gasteiger partial charge in [0.15, 0.2) is 5.82 Å². The molecular formula is C19H21N5OS. The van der Waals surface area contributed by atoms with Gasteiger partial charge in [-0.05, 0) is 49.0 Å². The predicted octanol–water partition coefficient (Wildman–Crippen LogP) is 2.72. The van der Waals surface area contributed by atoms with Crippen molar-refractivity contribution in [3.05, 3.63) is 53.7 Å². The molecule has 26 heavy (non-hydrogen) atoms. The molecule has 1 aliphatic rings. The number of piperidine rings is 1. The summed E-state index contributed by atoms with van der Waals surface area (Å²) >= 11 is 1.58. The highest BCUT2D eigenvalue weighted by Crippen LogP contribution is 2.25. The minimum absolute atomic E-state index is 0.151. The van der Waals surface area contributed by atoms with Gasteiger partial charge in [0, 0.05) is 6.04 Å². The fraction of sp³-hybridized carbons (Fsp3) is 0.316. The highest BCUT2D eigenvalue weighted by Gasteiger charge is 2.26. The van der Waals surface area contributed by atoms with Gasteiger partial charge in [-0.3, -0.25) is 4.79 Å². The number of para-hydroxylation sites is 1. The Balaban J connectivity index is 1.66. The van der Waals surface area contributed by atoms with Crippen LogP contribution in [0, 0.1) is 5.92 Å². The zero-order valence-electron chi connectivity index (χ0n) is 14.6. The monoisotopic (exact) mass is 367 g/mol. The van der Waals surface area contributed by atoms with Crippen molar-refractivity contribution in [3.63, 3.8) is 0 Å². The molecular weight excluding hydrogens is 346 g/mol. The number of benzene rings is 1. The predicted molar refractivity (Wildman–Crippen MR) is 103 cm³/mol. The molecule has 1 amide bonds. The SMILES string of the molecule is CC1CNCCC1NC(=O)c1nc(-c2cccs2)n(-c2ccccc2)n1. The van der Waals surface area contributed by atoms with Crippen LogP contribution in [-0.2, 0) is 0 Å². The maximum absolute atomic E-state index is 12.8. The Morgan fingerprint density at radius 1 is 1.27 bits per heavy atom.